The summed E-state index contributed by atoms with van der Waals surface area (Å²) < 4.78 is 0. The topological polar surface area (TPSA) is 132 Å². The molecule has 0 aliphatic rings. The zero-order valence-electron chi connectivity index (χ0n) is 6.43. The molecule has 0 aromatic heterocycles. The van der Waals surface area contributed by atoms with Crippen molar-refractivity contribution in [1.82, 2.24) is 0 Å². The number of hydrogen-bond donors (Lipinski definition) is 6. The minimum Gasteiger partial charge on any atom is -0.291 e. The van der Waals surface area contributed by atoms with Crippen LogP contribution in [-0.2, 0) is 0 Å². The first-order chi connectivity index (χ1) is 5.13. The van der Waals surface area contributed by atoms with E-state index in [-0.39, 0.29) is 11.9 Å². The fourth-order valence-corrected chi connectivity index (χ4v) is 0.554. The number of nitrogens with two attached hydrogens (primary N) is 4. The summed E-state index contributed by atoms with van der Waals surface area (Å²) in [7, 11) is 0. The normalized spacial score (nSPS) is 8.73. The van der Waals surface area contributed by atoms with Crippen molar-refractivity contribution in [1.29, 1.82) is 0 Å². The molecule has 0 saturated carbocycles. The number of rotatable bonds is 4. The van der Waals surface area contributed by atoms with Crippen molar-refractivity contribution in [2.45, 2.75) is 6.42 Å². The molecule has 10 N–H and O–H groups in total. The van der Waals surface area contributed by atoms with Gasteiger partial charge >= 0.3 is 11.9 Å². The summed E-state index contributed by atoms with van der Waals surface area (Å²) >= 11 is 0. The van der Waals surface area contributed by atoms with Gasteiger partial charge < -0.3 is 0 Å². The minimum absolute atomic E-state index is 0.231. The fourth-order valence-electron chi connectivity index (χ4n) is 0.554. The second-order valence-corrected chi connectivity index (χ2v) is 2.12. The minimum atomic E-state index is 0.231. The van der Waals surface area contributed by atoms with E-state index < -0.39 is 0 Å². The Balaban J connectivity index is 3.29. The van der Waals surface area contributed by atoms with Gasteiger partial charge in [-0.05, 0) is 0 Å². The molecule has 0 spiro atoms. The number of hydrogen-bond acceptors (Lipinski definition) is 0. The van der Waals surface area contributed by atoms with E-state index >= 15 is 0 Å². The highest BCUT2D eigenvalue weighted by Gasteiger charge is 1.89. The first kappa shape index (κ1) is 9.54. The van der Waals surface area contributed by atoms with E-state index in [2.05, 4.69) is 9.98 Å². The molecule has 0 atom stereocenters. The highest BCUT2D eigenvalue weighted by molar-refractivity contribution is 5.69. The third-order valence-corrected chi connectivity index (χ3v) is 1.01. The van der Waals surface area contributed by atoms with Crippen molar-refractivity contribution in [2.24, 2.45) is 22.9 Å². The highest BCUT2D eigenvalue weighted by atomic mass is 15.0. The van der Waals surface area contributed by atoms with Crippen molar-refractivity contribution < 1.29 is 9.98 Å². The van der Waals surface area contributed by atoms with Gasteiger partial charge in [0.1, 0.15) is 0 Å². The summed E-state index contributed by atoms with van der Waals surface area (Å²) in [6.45, 7) is 1.42. The summed E-state index contributed by atoms with van der Waals surface area (Å²) in [6, 6.07) is 0. The third kappa shape index (κ3) is 8.54. The molecule has 6 nitrogen and oxygen atoms in total. The van der Waals surface area contributed by atoms with E-state index in [0.717, 1.165) is 6.42 Å². The van der Waals surface area contributed by atoms with Crippen LogP contribution in [0.15, 0.2) is 0 Å². The van der Waals surface area contributed by atoms with Gasteiger partial charge in [0.05, 0.1) is 13.1 Å². The highest BCUT2D eigenvalue weighted by Crippen LogP contribution is 1.55. The molecular formula is C5H16N6+2. The van der Waals surface area contributed by atoms with Crippen LogP contribution >= 0.6 is 0 Å². The summed E-state index contributed by atoms with van der Waals surface area (Å²) in [4.78, 5) is 5.52. The molecule has 0 fully saturated rings. The summed E-state index contributed by atoms with van der Waals surface area (Å²) in [5.41, 5.74) is 20.6. The Morgan fingerprint density at radius 3 is 1.45 bits per heavy atom. The smallest absolute Gasteiger partial charge is 0.291 e. The van der Waals surface area contributed by atoms with Crippen molar-refractivity contribution >= 4 is 11.9 Å². The Bertz CT molecular complexity index is 134. The molecular weight excluding hydrogens is 144 g/mol. The van der Waals surface area contributed by atoms with Crippen LogP contribution in [-0.4, -0.2) is 25.0 Å². The molecule has 0 aromatic rings. The van der Waals surface area contributed by atoms with Crippen LogP contribution in [0.1, 0.15) is 6.42 Å². The summed E-state index contributed by atoms with van der Waals surface area (Å²) in [5.74, 6) is 0.462. The van der Waals surface area contributed by atoms with E-state index in [1.807, 2.05) is 0 Å². The second-order valence-electron chi connectivity index (χ2n) is 2.12. The lowest BCUT2D eigenvalue weighted by Gasteiger charge is -1.89. The van der Waals surface area contributed by atoms with Crippen molar-refractivity contribution in [3.63, 3.8) is 0 Å². The molecule has 6 heteroatoms. The average molecular weight is 160 g/mol. The van der Waals surface area contributed by atoms with E-state index in [1.54, 1.807) is 0 Å². The van der Waals surface area contributed by atoms with Gasteiger partial charge in [0.2, 0.25) is 0 Å². The van der Waals surface area contributed by atoms with E-state index in [0.29, 0.717) is 13.1 Å². The van der Waals surface area contributed by atoms with Crippen LogP contribution in [0.25, 0.3) is 0 Å². The molecule has 0 amide bonds. The summed E-state index contributed by atoms with van der Waals surface area (Å²) in [6.07, 6.45) is 0.857. The van der Waals surface area contributed by atoms with Gasteiger partial charge in [-0.25, -0.2) is 0 Å². The monoisotopic (exact) mass is 160 g/mol. The fraction of sp³-hybridized carbons (Fsp3) is 0.600. The lowest BCUT2D eigenvalue weighted by Crippen LogP contribution is -2.82. The second kappa shape index (κ2) is 5.33. The van der Waals surface area contributed by atoms with Crippen LogP contribution in [0.2, 0.25) is 0 Å². The quantitative estimate of drug-likeness (QED) is 0.139. The molecule has 0 rings (SSSR count). The maximum Gasteiger partial charge on any atom is 0.338 e. The van der Waals surface area contributed by atoms with Crippen LogP contribution in [0.4, 0.5) is 0 Å². The molecule has 0 saturated heterocycles. The first-order valence-electron chi connectivity index (χ1n) is 3.36. The SMILES string of the molecule is NC(N)=[NH+]CCC[NH+]=C(N)N. The largest absolute Gasteiger partial charge is 0.338 e. The molecule has 11 heavy (non-hydrogen) atoms. The lowest BCUT2D eigenvalue weighted by molar-refractivity contribution is -0.492. The van der Waals surface area contributed by atoms with Crippen molar-refractivity contribution in [3.05, 3.63) is 0 Å². The standard InChI is InChI=1S/C5H14N6/c6-4(7)10-2-1-3-11-5(8)9/h1-3H2,(H4,6,7,10)(H4,8,9,11)/p+2. The van der Waals surface area contributed by atoms with Crippen molar-refractivity contribution in [3.8, 4) is 0 Å². The van der Waals surface area contributed by atoms with Crippen LogP contribution in [0.3, 0.4) is 0 Å². The molecule has 0 aliphatic heterocycles. The van der Waals surface area contributed by atoms with Gasteiger partial charge in [0.25, 0.3) is 0 Å². The Morgan fingerprint density at radius 2 is 1.18 bits per heavy atom. The van der Waals surface area contributed by atoms with Crippen LogP contribution in [0.5, 0.6) is 0 Å². The Kier molecular flexibility index (Phi) is 4.63. The van der Waals surface area contributed by atoms with Gasteiger partial charge in [-0.1, -0.05) is 0 Å². The maximum atomic E-state index is 5.14. The zero-order chi connectivity index (χ0) is 8.69. The third-order valence-electron chi connectivity index (χ3n) is 1.01. The Morgan fingerprint density at radius 1 is 0.818 bits per heavy atom. The number of nitrogens with one attached hydrogen (secondary N) is 2. The lowest BCUT2D eigenvalue weighted by atomic mass is 10.4. The Hall–Kier alpha value is -1.46. The van der Waals surface area contributed by atoms with Gasteiger partial charge in [0.15, 0.2) is 0 Å². The summed E-state index contributed by atoms with van der Waals surface area (Å²) in [5, 5.41) is 0. The molecule has 0 bridgehead atoms. The molecule has 0 unspecified atom stereocenters. The van der Waals surface area contributed by atoms with Gasteiger partial charge in [0, 0.05) is 6.42 Å². The number of guanidine groups is 2. The molecule has 64 valence electrons. The van der Waals surface area contributed by atoms with E-state index in [1.165, 1.54) is 0 Å². The molecule has 0 radical (unpaired) electrons. The zero-order valence-corrected chi connectivity index (χ0v) is 6.43. The van der Waals surface area contributed by atoms with Gasteiger partial charge in [-0.15, -0.1) is 0 Å². The predicted molar refractivity (Wildman–Crippen MR) is 43.0 cm³/mol. The van der Waals surface area contributed by atoms with Crippen molar-refractivity contribution in [2.75, 3.05) is 13.1 Å². The van der Waals surface area contributed by atoms with E-state index in [4.69, 9.17) is 22.9 Å². The van der Waals surface area contributed by atoms with Crippen LogP contribution in [0, 0.1) is 0 Å². The van der Waals surface area contributed by atoms with E-state index in [9.17, 15) is 0 Å². The average Bonchev–Trinajstić information content (AvgIpc) is 1.85. The van der Waals surface area contributed by atoms with Gasteiger partial charge in [-0.3, -0.25) is 32.9 Å². The first-order valence-corrected chi connectivity index (χ1v) is 3.36. The van der Waals surface area contributed by atoms with Crippen LogP contribution < -0.4 is 32.9 Å². The van der Waals surface area contributed by atoms with Gasteiger partial charge in [-0.2, -0.15) is 0 Å². The molecule has 0 heterocycles. The molecule has 0 aliphatic carbocycles. The predicted octanol–water partition coefficient (Wildman–Crippen LogP) is -5.92. The molecule has 0 aromatic carbocycles. The maximum absolute atomic E-state index is 5.14. The Labute approximate surface area is 65.3 Å².